The molecular formula is C15H14F3N3O3. The predicted octanol–water partition coefficient (Wildman–Crippen LogP) is 2.26. The van der Waals surface area contributed by atoms with Gasteiger partial charge in [-0.25, -0.2) is 4.79 Å². The highest BCUT2D eigenvalue weighted by atomic mass is 19.4. The third kappa shape index (κ3) is 4.34. The van der Waals surface area contributed by atoms with E-state index in [0.717, 1.165) is 16.9 Å². The molecule has 0 fully saturated rings. The van der Waals surface area contributed by atoms with Crippen molar-refractivity contribution in [2.45, 2.75) is 19.3 Å². The fourth-order valence-electron chi connectivity index (χ4n) is 1.97. The zero-order chi connectivity index (χ0) is 17.9. The molecule has 128 valence electrons. The van der Waals surface area contributed by atoms with Gasteiger partial charge in [0, 0.05) is 19.8 Å². The van der Waals surface area contributed by atoms with Crippen molar-refractivity contribution < 1.29 is 27.9 Å². The number of hydrogen-bond acceptors (Lipinski definition) is 3. The van der Waals surface area contributed by atoms with Gasteiger partial charge in [0.2, 0.25) is 5.91 Å². The van der Waals surface area contributed by atoms with Crippen molar-refractivity contribution in [1.82, 2.24) is 14.7 Å². The van der Waals surface area contributed by atoms with Gasteiger partial charge in [-0.15, -0.1) is 0 Å². The van der Waals surface area contributed by atoms with Crippen LogP contribution in [0.2, 0.25) is 0 Å². The number of carboxylic acids is 1. The molecule has 0 aliphatic carbocycles. The smallest absolute Gasteiger partial charge is 0.435 e. The maximum Gasteiger partial charge on any atom is 0.435 e. The largest absolute Gasteiger partial charge is 0.478 e. The molecule has 9 heteroatoms. The zero-order valence-electron chi connectivity index (χ0n) is 12.6. The summed E-state index contributed by atoms with van der Waals surface area (Å²) in [6.07, 6.45) is -3.46. The Labute approximate surface area is 135 Å². The second-order valence-electron chi connectivity index (χ2n) is 5.15. The first-order chi connectivity index (χ1) is 11.2. The van der Waals surface area contributed by atoms with Crippen molar-refractivity contribution >= 4 is 11.9 Å². The number of aromatic carboxylic acids is 1. The number of carbonyl (C=O) groups excluding carboxylic acids is 1. The third-order valence-corrected chi connectivity index (χ3v) is 3.27. The summed E-state index contributed by atoms with van der Waals surface area (Å²) >= 11 is 0. The van der Waals surface area contributed by atoms with Gasteiger partial charge in [-0.2, -0.15) is 18.3 Å². The lowest BCUT2D eigenvalue weighted by molar-refractivity contribution is -0.142. The summed E-state index contributed by atoms with van der Waals surface area (Å²) in [6.45, 7) is -0.119. The molecule has 0 aliphatic heterocycles. The Bertz CT molecular complexity index is 738. The molecular weight excluding hydrogens is 327 g/mol. The van der Waals surface area contributed by atoms with Crippen LogP contribution in [-0.2, 0) is 24.1 Å². The van der Waals surface area contributed by atoms with Crippen molar-refractivity contribution in [2.24, 2.45) is 0 Å². The van der Waals surface area contributed by atoms with Gasteiger partial charge in [0.1, 0.15) is 6.54 Å². The minimum absolute atomic E-state index is 0.129. The molecule has 1 heterocycles. The van der Waals surface area contributed by atoms with Gasteiger partial charge < -0.3 is 10.0 Å². The van der Waals surface area contributed by atoms with Crippen LogP contribution in [0.4, 0.5) is 13.2 Å². The number of nitrogens with zero attached hydrogens (tertiary/aromatic N) is 3. The van der Waals surface area contributed by atoms with Crippen LogP contribution in [0.3, 0.4) is 0 Å². The molecule has 2 rings (SSSR count). The summed E-state index contributed by atoms with van der Waals surface area (Å²) in [6, 6.07) is 6.78. The Morgan fingerprint density at radius 1 is 1.21 bits per heavy atom. The molecule has 0 unspecified atom stereocenters. The second kappa shape index (κ2) is 6.73. The number of carbonyl (C=O) groups is 2. The number of rotatable bonds is 5. The van der Waals surface area contributed by atoms with E-state index in [1.54, 1.807) is 12.1 Å². The highest BCUT2D eigenvalue weighted by Crippen LogP contribution is 2.27. The van der Waals surface area contributed by atoms with E-state index in [-0.39, 0.29) is 18.7 Å². The van der Waals surface area contributed by atoms with E-state index in [1.165, 1.54) is 24.1 Å². The van der Waals surface area contributed by atoms with Crippen molar-refractivity contribution in [1.29, 1.82) is 0 Å². The average Bonchev–Trinajstić information content (AvgIpc) is 2.96. The summed E-state index contributed by atoms with van der Waals surface area (Å²) in [4.78, 5) is 24.1. The van der Waals surface area contributed by atoms with Crippen molar-refractivity contribution in [3.63, 3.8) is 0 Å². The number of benzene rings is 1. The molecule has 0 atom stereocenters. The molecule has 2 aromatic rings. The van der Waals surface area contributed by atoms with Crippen molar-refractivity contribution in [3.05, 3.63) is 53.3 Å². The van der Waals surface area contributed by atoms with Gasteiger partial charge in [0.25, 0.3) is 0 Å². The number of carboxylic acid groups (broad SMARTS) is 1. The first-order valence-electron chi connectivity index (χ1n) is 6.83. The summed E-state index contributed by atoms with van der Waals surface area (Å²) in [5.41, 5.74) is -0.224. The number of aromatic nitrogens is 2. The Balaban J connectivity index is 1.97. The lowest BCUT2D eigenvalue weighted by Gasteiger charge is -2.17. The maximum absolute atomic E-state index is 12.5. The first kappa shape index (κ1) is 17.5. The van der Waals surface area contributed by atoms with E-state index in [9.17, 15) is 22.8 Å². The molecule has 6 nitrogen and oxygen atoms in total. The minimum Gasteiger partial charge on any atom is -0.478 e. The lowest BCUT2D eigenvalue weighted by atomic mass is 10.1. The molecule has 1 aromatic carbocycles. The molecule has 24 heavy (non-hydrogen) atoms. The average molecular weight is 341 g/mol. The van der Waals surface area contributed by atoms with E-state index in [2.05, 4.69) is 5.10 Å². The second-order valence-corrected chi connectivity index (χ2v) is 5.15. The van der Waals surface area contributed by atoms with Crippen LogP contribution >= 0.6 is 0 Å². The van der Waals surface area contributed by atoms with E-state index < -0.39 is 23.7 Å². The number of likely N-dealkylation sites (N-methyl/N-ethyl adjacent to an activating group) is 1. The predicted molar refractivity (Wildman–Crippen MR) is 77.1 cm³/mol. The standard InChI is InChI=1S/C15H14F3N3O3/c1-20(8-10-2-4-11(5-3-10)14(23)24)13(22)9-21-7-6-12(19-21)15(16,17)18/h2-7H,8-9H2,1H3,(H,23,24). The van der Waals surface area contributed by atoms with Gasteiger partial charge in [0.05, 0.1) is 5.56 Å². The van der Waals surface area contributed by atoms with Crippen LogP contribution < -0.4 is 0 Å². The number of hydrogen-bond donors (Lipinski definition) is 1. The highest BCUT2D eigenvalue weighted by molar-refractivity contribution is 5.87. The number of alkyl halides is 3. The fraction of sp³-hybridized carbons (Fsp3) is 0.267. The third-order valence-electron chi connectivity index (χ3n) is 3.27. The van der Waals surface area contributed by atoms with Crippen LogP contribution in [0.1, 0.15) is 21.6 Å². The molecule has 0 radical (unpaired) electrons. The molecule has 0 aliphatic rings. The molecule has 1 amide bonds. The van der Waals surface area contributed by atoms with Crippen molar-refractivity contribution in [2.75, 3.05) is 7.05 Å². The minimum atomic E-state index is -4.55. The monoisotopic (exact) mass is 341 g/mol. The maximum atomic E-state index is 12.5. The summed E-state index contributed by atoms with van der Waals surface area (Å²) < 4.78 is 38.3. The normalized spacial score (nSPS) is 11.3. The summed E-state index contributed by atoms with van der Waals surface area (Å²) in [5.74, 6) is -1.47. The first-order valence-corrected chi connectivity index (χ1v) is 6.83. The summed E-state index contributed by atoms with van der Waals surface area (Å²) in [7, 11) is 1.50. The van der Waals surface area contributed by atoms with Gasteiger partial charge >= 0.3 is 12.1 Å². The fourth-order valence-corrected chi connectivity index (χ4v) is 1.97. The lowest BCUT2D eigenvalue weighted by Crippen LogP contribution is -2.30. The van der Waals surface area contributed by atoms with Gasteiger partial charge in [-0.3, -0.25) is 9.48 Å². The van der Waals surface area contributed by atoms with Crippen LogP contribution in [-0.4, -0.2) is 38.7 Å². The number of halogens is 3. The Morgan fingerprint density at radius 2 is 1.83 bits per heavy atom. The molecule has 0 spiro atoms. The number of amides is 1. The molecule has 0 saturated carbocycles. The quantitative estimate of drug-likeness (QED) is 0.905. The summed E-state index contributed by atoms with van der Waals surface area (Å²) in [5, 5.41) is 12.1. The van der Waals surface area contributed by atoms with Gasteiger partial charge in [0.15, 0.2) is 5.69 Å². The van der Waals surface area contributed by atoms with E-state index in [4.69, 9.17) is 5.11 Å². The van der Waals surface area contributed by atoms with Gasteiger partial charge in [-0.1, -0.05) is 12.1 Å². The molecule has 1 N–H and O–H groups in total. The van der Waals surface area contributed by atoms with E-state index in [1.807, 2.05) is 0 Å². The zero-order valence-corrected chi connectivity index (χ0v) is 12.6. The molecule has 0 saturated heterocycles. The Kier molecular flexibility index (Phi) is 4.91. The van der Waals surface area contributed by atoms with Crippen LogP contribution in [0.15, 0.2) is 36.5 Å². The Morgan fingerprint density at radius 3 is 2.33 bits per heavy atom. The van der Waals surface area contributed by atoms with Crippen molar-refractivity contribution in [3.8, 4) is 0 Å². The Hall–Kier alpha value is -2.84. The van der Waals surface area contributed by atoms with Crippen LogP contribution in [0, 0.1) is 0 Å². The van der Waals surface area contributed by atoms with E-state index >= 15 is 0 Å². The highest BCUT2D eigenvalue weighted by Gasteiger charge is 2.33. The molecule has 0 bridgehead atoms. The SMILES string of the molecule is CN(Cc1ccc(C(=O)O)cc1)C(=O)Cn1ccc(C(F)(F)F)n1. The topological polar surface area (TPSA) is 75.4 Å². The van der Waals surface area contributed by atoms with Crippen LogP contribution in [0.25, 0.3) is 0 Å². The van der Waals surface area contributed by atoms with Crippen LogP contribution in [0.5, 0.6) is 0 Å². The van der Waals surface area contributed by atoms with E-state index in [0.29, 0.717) is 5.56 Å². The van der Waals surface area contributed by atoms with Gasteiger partial charge in [-0.05, 0) is 23.8 Å². The molecule has 1 aromatic heterocycles.